The maximum Gasteiger partial charge on any atom is 0.165 e. The molecule has 0 spiro atoms. The van der Waals surface area contributed by atoms with E-state index in [0.717, 1.165) is 35.0 Å². The summed E-state index contributed by atoms with van der Waals surface area (Å²) in [7, 11) is 0. The summed E-state index contributed by atoms with van der Waals surface area (Å²) in [5, 5.41) is 13.6. The number of nitrogens with one attached hydrogen (secondary N) is 1. The van der Waals surface area contributed by atoms with Crippen molar-refractivity contribution in [3.05, 3.63) is 65.6 Å². The van der Waals surface area contributed by atoms with Gasteiger partial charge in [-0.1, -0.05) is 18.2 Å². The molecule has 0 saturated carbocycles. The number of aryl methyl sites for hydroxylation is 1. The molecule has 0 amide bonds. The van der Waals surface area contributed by atoms with E-state index in [2.05, 4.69) is 10.3 Å². The number of phenols is 1. The van der Waals surface area contributed by atoms with Gasteiger partial charge in [-0.15, -0.1) is 0 Å². The number of nitrogens with zero attached hydrogens (tertiary/aromatic N) is 3. The number of thioether (sulfide) groups is 1. The molecule has 0 atom stereocenters. The molecule has 1 aliphatic heterocycles. The van der Waals surface area contributed by atoms with Crippen molar-refractivity contribution in [2.24, 2.45) is 0 Å². The molecular weight excluding hydrogens is 332 g/mol. The van der Waals surface area contributed by atoms with E-state index in [4.69, 9.17) is 9.97 Å². The van der Waals surface area contributed by atoms with Crippen molar-refractivity contribution < 1.29 is 5.11 Å². The summed E-state index contributed by atoms with van der Waals surface area (Å²) in [6, 6.07) is 11.2. The van der Waals surface area contributed by atoms with E-state index >= 15 is 0 Å². The lowest BCUT2D eigenvalue weighted by Gasteiger charge is -2.20. The summed E-state index contributed by atoms with van der Waals surface area (Å²) >= 11 is 1.90. The Balaban J connectivity index is 1.71. The highest BCUT2D eigenvalue weighted by molar-refractivity contribution is 7.98. The van der Waals surface area contributed by atoms with Gasteiger partial charge in [0.25, 0.3) is 0 Å². The van der Waals surface area contributed by atoms with Gasteiger partial charge in [-0.05, 0) is 35.9 Å². The van der Waals surface area contributed by atoms with Gasteiger partial charge in [0.15, 0.2) is 5.82 Å². The fraction of sp³-hybridized carbons (Fsp3) is 0.211. The number of fused-ring (bicyclic) bond motifs is 1. The summed E-state index contributed by atoms with van der Waals surface area (Å²) in [5.74, 6) is 3.58. The summed E-state index contributed by atoms with van der Waals surface area (Å²) in [5.41, 5.74) is 4.00. The Morgan fingerprint density at radius 3 is 2.88 bits per heavy atom. The maximum atomic E-state index is 10.2. The van der Waals surface area contributed by atoms with E-state index in [1.807, 2.05) is 42.2 Å². The van der Waals surface area contributed by atoms with Crippen molar-refractivity contribution in [3.8, 4) is 17.1 Å². The number of anilines is 1. The number of phenolic OH excluding ortho intramolecular Hbond substituents is 1. The Morgan fingerprint density at radius 2 is 2.04 bits per heavy atom. The summed E-state index contributed by atoms with van der Waals surface area (Å²) in [4.78, 5) is 13.6. The second-order valence-electron chi connectivity index (χ2n) is 5.86. The number of para-hydroxylation sites is 1. The highest BCUT2D eigenvalue weighted by atomic mass is 32.2. The Morgan fingerprint density at radius 1 is 1.12 bits per heavy atom. The summed E-state index contributed by atoms with van der Waals surface area (Å²) in [6.07, 6.45) is 4.53. The van der Waals surface area contributed by atoms with Gasteiger partial charge >= 0.3 is 0 Å². The zero-order chi connectivity index (χ0) is 17.1. The molecule has 3 aromatic rings. The fourth-order valence-electron chi connectivity index (χ4n) is 2.85. The highest BCUT2D eigenvalue weighted by Crippen LogP contribution is 2.33. The van der Waals surface area contributed by atoms with E-state index in [0.29, 0.717) is 17.9 Å². The van der Waals surface area contributed by atoms with Crippen molar-refractivity contribution in [2.75, 3.05) is 11.1 Å². The second-order valence-corrected chi connectivity index (χ2v) is 6.96. The van der Waals surface area contributed by atoms with Gasteiger partial charge in [0.05, 0.1) is 11.3 Å². The molecule has 1 aliphatic rings. The molecule has 1 aromatic carbocycles. The number of aromatic hydroxyl groups is 1. The van der Waals surface area contributed by atoms with Gasteiger partial charge in [-0.25, -0.2) is 9.97 Å². The first-order chi connectivity index (χ1) is 12.3. The quantitative estimate of drug-likeness (QED) is 0.748. The Kier molecular flexibility index (Phi) is 4.52. The Bertz CT molecular complexity index is 886. The molecule has 0 radical (unpaired) electrons. The van der Waals surface area contributed by atoms with Crippen molar-refractivity contribution >= 4 is 17.6 Å². The van der Waals surface area contributed by atoms with Crippen LogP contribution in [0.15, 0.2) is 48.8 Å². The van der Waals surface area contributed by atoms with Crippen LogP contribution in [0, 0.1) is 0 Å². The number of aromatic nitrogens is 3. The van der Waals surface area contributed by atoms with Gasteiger partial charge in [-0.2, -0.15) is 11.8 Å². The second kappa shape index (κ2) is 7.11. The Hall–Kier alpha value is -2.60. The topological polar surface area (TPSA) is 70.9 Å². The minimum Gasteiger partial charge on any atom is -0.507 e. The maximum absolute atomic E-state index is 10.2. The van der Waals surface area contributed by atoms with Crippen LogP contribution in [0.4, 0.5) is 5.82 Å². The molecule has 2 aromatic heterocycles. The summed E-state index contributed by atoms with van der Waals surface area (Å²) in [6.45, 7) is 0.655. The number of hydrogen-bond acceptors (Lipinski definition) is 6. The molecule has 25 heavy (non-hydrogen) atoms. The lowest BCUT2D eigenvalue weighted by molar-refractivity contribution is 0.477. The zero-order valence-electron chi connectivity index (χ0n) is 13.6. The van der Waals surface area contributed by atoms with Crippen LogP contribution in [-0.4, -0.2) is 25.8 Å². The summed E-state index contributed by atoms with van der Waals surface area (Å²) < 4.78 is 0. The van der Waals surface area contributed by atoms with Crippen LogP contribution in [0.3, 0.4) is 0 Å². The van der Waals surface area contributed by atoms with Gasteiger partial charge < -0.3 is 10.4 Å². The molecule has 5 nitrogen and oxygen atoms in total. The van der Waals surface area contributed by atoms with Crippen LogP contribution in [0.5, 0.6) is 5.75 Å². The fourth-order valence-corrected chi connectivity index (χ4v) is 3.84. The molecule has 4 rings (SSSR count). The van der Waals surface area contributed by atoms with Crippen LogP contribution < -0.4 is 5.32 Å². The molecule has 0 fully saturated rings. The third-order valence-corrected chi connectivity index (χ3v) is 5.14. The zero-order valence-corrected chi connectivity index (χ0v) is 14.5. The smallest absolute Gasteiger partial charge is 0.165 e. The van der Waals surface area contributed by atoms with Crippen molar-refractivity contribution in [2.45, 2.75) is 18.7 Å². The minimum atomic E-state index is 0.200. The monoisotopic (exact) mass is 350 g/mol. The van der Waals surface area contributed by atoms with E-state index < -0.39 is 0 Å². The highest BCUT2D eigenvalue weighted by Gasteiger charge is 2.19. The molecule has 3 heterocycles. The molecule has 2 N–H and O–H groups in total. The average molecular weight is 350 g/mol. The first-order valence-electron chi connectivity index (χ1n) is 8.20. The van der Waals surface area contributed by atoms with E-state index in [-0.39, 0.29) is 5.75 Å². The van der Waals surface area contributed by atoms with Gasteiger partial charge in [0.2, 0.25) is 0 Å². The van der Waals surface area contributed by atoms with Crippen LogP contribution in [0.2, 0.25) is 0 Å². The van der Waals surface area contributed by atoms with Gasteiger partial charge in [0.1, 0.15) is 11.6 Å². The van der Waals surface area contributed by atoms with Gasteiger partial charge in [0, 0.05) is 30.3 Å². The largest absolute Gasteiger partial charge is 0.507 e. The molecule has 0 aliphatic carbocycles. The predicted molar refractivity (Wildman–Crippen MR) is 101 cm³/mol. The predicted octanol–water partition coefficient (Wildman–Crippen LogP) is 3.65. The van der Waals surface area contributed by atoms with E-state index in [1.54, 1.807) is 18.3 Å². The lowest BCUT2D eigenvalue weighted by Crippen LogP contribution is -2.13. The number of rotatable bonds is 4. The average Bonchev–Trinajstić information content (AvgIpc) is 2.67. The molecule has 0 bridgehead atoms. The SMILES string of the molecule is Oc1ccccc1-c1nc2c(c(NCc3cccnc3)n1)CSCC2. The van der Waals surface area contributed by atoms with Crippen LogP contribution >= 0.6 is 11.8 Å². The van der Waals surface area contributed by atoms with Gasteiger partial charge in [-0.3, -0.25) is 4.98 Å². The number of benzene rings is 1. The molecule has 126 valence electrons. The van der Waals surface area contributed by atoms with Crippen LogP contribution in [0.1, 0.15) is 16.8 Å². The minimum absolute atomic E-state index is 0.200. The van der Waals surface area contributed by atoms with Crippen LogP contribution in [-0.2, 0) is 18.7 Å². The Labute approximate surface area is 150 Å². The van der Waals surface area contributed by atoms with Crippen LogP contribution in [0.25, 0.3) is 11.4 Å². The van der Waals surface area contributed by atoms with Crippen molar-refractivity contribution in [1.82, 2.24) is 15.0 Å². The first kappa shape index (κ1) is 15.9. The third kappa shape index (κ3) is 3.44. The molecule has 6 heteroatoms. The molecule has 0 saturated heterocycles. The third-order valence-electron chi connectivity index (χ3n) is 4.15. The molecular formula is C19H18N4OS. The molecule has 0 unspecified atom stereocenters. The normalized spacial score (nSPS) is 13.3. The number of pyridine rings is 1. The van der Waals surface area contributed by atoms with E-state index in [9.17, 15) is 5.11 Å². The standard InChI is InChI=1S/C19H18N4OS/c24-17-6-2-1-5-14(17)19-22-16-7-9-25-12-15(16)18(23-19)21-11-13-4-3-8-20-10-13/h1-6,8,10,24H,7,9,11-12H2,(H,21,22,23). The first-order valence-corrected chi connectivity index (χ1v) is 9.35. The number of hydrogen-bond donors (Lipinski definition) is 2. The lowest BCUT2D eigenvalue weighted by atomic mass is 10.1. The van der Waals surface area contributed by atoms with E-state index in [1.165, 1.54) is 5.56 Å². The van der Waals surface area contributed by atoms with Crippen molar-refractivity contribution in [3.63, 3.8) is 0 Å². The van der Waals surface area contributed by atoms with Crippen molar-refractivity contribution in [1.29, 1.82) is 0 Å².